The van der Waals surface area contributed by atoms with Gasteiger partial charge in [0, 0.05) is 25.4 Å². The second-order valence-corrected chi connectivity index (χ2v) is 5.59. The van der Waals surface area contributed by atoms with Crippen LogP contribution in [0, 0.1) is 5.41 Å². The van der Waals surface area contributed by atoms with Gasteiger partial charge < -0.3 is 15.8 Å². The minimum absolute atomic E-state index is 0.416. The van der Waals surface area contributed by atoms with Gasteiger partial charge in [-0.2, -0.15) is 0 Å². The number of ether oxygens (including phenoxy) is 1. The van der Waals surface area contributed by atoms with E-state index in [1.807, 2.05) is 12.1 Å². The number of anilines is 1. The third-order valence-corrected chi connectivity index (χ3v) is 3.82. The zero-order valence-electron chi connectivity index (χ0n) is 11.2. The molecule has 0 spiro atoms. The van der Waals surface area contributed by atoms with Crippen molar-refractivity contribution in [3.63, 3.8) is 0 Å². The van der Waals surface area contributed by atoms with E-state index >= 15 is 0 Å². The zero-order valence-corrected chi connectivity index (χ0v) is 11.2. The molecule has 0 atom stereocenters. The first kappa shape index (κ1) is 13.4. The number of rotatable bonds is 5. The summed E-state index contributed by atoms with van der Waals surface area (Å²) in [7, 11) is 0. The molecule has 18 heavy (non-hydrogen) atoms. The largest absolute Gasteiger partial charge is 0.399 e. The van der Waals surface area contributed by atoms with E-state index in [9.17, 15) is 0 Å². The van der Waals surface area contributed by atoms with E-state index in [0.717, 1.165) is 38.4 Å². The first-order valence-electron chi connectivity index (χ1n) is 6.81. The van der Waals surface area contributed by atoms with E-state index in [1.165, 1.54) is 18.4 Å². The molecule has 0 amide bonds. The van der Waals surface area contributed by atoms with E-state index < -0.39 is 0 Å². The summed E-state index contributed by atoms with van der Waals surface area (Å²) in [6.45, 7) is 6.30. The Hall–Kier alpha value is -1.06. The van der Waals surface area contributed by atoms with E-state index in [1.54, 1.807) is 0 Å². The van der Waals surface area contributed by atoms with Crippen LogP contribution in [-0.2, 0) is 11.2 Å². The van der Waals surface area contributed by atoms with Gasteiger partial charge in [-0.1, -0.05) is 19.1 Å². The lowest BCUT2D eigenvalue weighted by atomic mass is 9.82. The summed E-state index contributed by atoms with van der Waals surface area (Å²) in [6, 6.07) is 8.14. The van der Waals surface area contributed by atoms with Gasteiger partial charge in [-0.15, -0.1) is 0 Å². The lowest BCUT2D eigenvalue weighted by Gasteiger charge is -2.33. The van der Waals surface area contributed by atoms with Gasteiger partial charge in [-0.3, -0.25) is 0 Å². The topological polar surface area (TPSA) is 47.3 Å². The summed E-state index contributed by atoms with van der Waals surface area (Å²) in [5.74, 6) is 0. The average molecular weight is 248 g/mol. The summed E-state index contributed by atoms with van der Waals surface area (Å²) < 4.78 is 5.41. The van der Waals surface area contributed by atoms with Crippen LogP contribution in [0.3, 0.4) is 0 Å². The number of hydrogen-bond acceptors (Lipinski definition) is 3. The molecule has 3 heteroatoms. The summed E-state index contributed by atoms with van der Waals surface area (Å²) >= 11 is 0. The number of nitrogen functional groups attached to an aromatic ring is 1. The van der Waals surface area contributed by atoms with Crippen LogP contribution in [0.15, 0.2) is 24.3 Å². The minimum Gasteiger partial charge on any atom is -0.399 e. The molecule has 3 N–H and O–H groups in total. The van der Waals surface area contributed by atoms with Crippen molar-refractivity contribution in [1.29, 1.82) is 0 Å². The van der Waals surface area contributed by atoms with Crippen LogP contribution in [0.2, 0.25) is 0 Å². The van der Waals surface area contributed by atoms with Crippen molar-refractivity contribution >= 4 is 5.69 Å². The maximum Gasteiger partial charge on any atom is 0.0471 e. The third kappa shape index (κ3) is 4.00. The van der Waals surface area contributed by atoms with Crippen molar-refractivity contribution in [3.05, 3.63) is 29.8 Å². The first-order chi connectivity index (χ1) is 8.68. The summed E-state index contributed by atoms with van der Waals surface area (Å²) in [5, 5.41) is 3.57. The summed E-state index contributed by atoms with van der Waals surface area (Å²) in [6.07, 6.45) is 3.40. The monoisotopic (exact) mass is 248 g/mol. The molecule has 0 aliphatic carbocycles. The highest BCUT2D eigenvalue weighted by molar-refractivity contribution is 5.39. The second-order valence-electron chi connectivity index (χ2n) is 5.59. The van der Waals surface area contributed by atoms with Gasteiger partial charge in [-0.05, 0) is 48.9 Å². The number of hydrogen-bond donors (Lipinski definition) is 2. The third-order valence-electron chi connectivity index (χ3n) is 3.82. The summed E-state index contributed by atoms with van der Waals surface area (Å²) in [5.41, 5.74) is 8.26. The van der Waals surface area contributed by atoms with E-state index in [2.05, 4.69) is 24.4 Å². The van der Waals surface area contributed by atoms with Gasteiger partial charge in [-0.25, -0.2) is 0 Å². The number of nitrogens with two attached hydrogens (primary N) is 1. The fourth-order valence-electron chi connectivity index (χ4n) is 2.35. The molecule has 1 aromatic carbocycles. The maximum atomic E-state index is 5.67. The minimum atomic E-state index is 0.416. The van der Waals surface area contributed by atoms with Gasteiger partial charge in [0.25, 0.3) is 0 Å². The highest BCUT2D eigenvalue weighted by atomic mass is 16.5. The molecule has 1 aliphatic rings. The number of nitrogens with one attached hydrogen (secondary N) is 1. The maximum absolute atomic E-state index is 5.67. The molecule has 1 aliphatic heterocycles. The Balaban J connectivity index is 1.67. The Kier molecular flexibility index (Phi) is 4.61. The van der Waals surface area contributed by atoms with E-state index in [0.29, 0.717) is 5.41 Å². The Morgan fingerprint density at radius 1 is 1.22 bits per heavy atom. The average Bonchev–Trinajstić information content (AvgIpc) is 2.38. The van der Waals surface area contributed by atoms with E-state index in [-0.39, 0.29) is 0 Å². The molecule has 0 bridgehead atoms. The lowest BCUT2D eigenvalue weighted by molar-refractivity contribution is 0.0242. The van der Waals surface area contributed by atoms with Gasteiger partial charge in [0.2, 0.25) is 0 Å². The normalized spacial score (nSPS) is 18.7. The predicted molar refractivity (Wildman–Crippen MR) is 75.6 cm³/mol. The molecule has 1 saturated heterocycles. The van der Waals surface area contributed by atoms with Crippen molar-refractivity contribution < 1.29 is 4.74 Å². The summed E-state index contributed by atoms with van der Waals surface area (Å²) in [4.78, 5) is 0. The molecule has 2 rings (SSSR count). The fourth-order valence-corrected chi connectivity index (χ4v) is 2.35. The predicted octanol–water partition coefficient (Wildman–Crippen LogP) is 2.22. The van der Waals surface area contributed by atoms with E-state index in [4.69, 9.17) is 10.5 Å². The standard InChI is InChI=1S/C15H24N2O/c1-15(7-10-18-11-8-15)12-17-9-6-13-2-4-14(16)5-3-13/h2-5,17H,6-12,16H2,1H3. The molecular weight excluding hydrogens is 224 g/mol. The molecule has 1 fully saturated rings. The molecule has 100 valence electrons. The van der Waals surface area contributed by atoms with Crippen molar-refractivity contribution in [2.45, 2.75) is 26.2 Å². The lowest BCUT2D eigenvalue weighted by Crippen LogP contribution is -2.37. The quantitative estimate of drug-likeness (QED) is 0.620. The molecule has 1 aromatic rings. The fraction of sp³-hybridized carbons (Fsp3) is 0.600. The Bertz CT molecular complexity index is 355. The van der Waals surface area contributed by atoms with Crippen LogP contribution in [-0.4, -0.2) is 26.3 Å². The van der Waals surface area contributed by atoms with Crippen molar-refractivity contribution in [3.8, 4) is 0 Å². The highest BCUT2D eigenvalue weighted by Crippen LogP contribution is 2.28. The van der Waals surface area contributed by atoms with Crippen LogP contribution < -0.4 is 11.1 Å². The Morgan fingerprint density at radius 3 is 2.56 bits per heavy atom. The molecule has 3 nitrogen and oxygen atoms in total. The van der Waals surface area contributed by atoms with Crippen LogP contribution in [0.5, 0.6) is 0 Å². The van der Waals surface area contributed by atoms with Gasteiger partial charge in [0.15, 0.2) is 0 Å². The molecule has 0 aromatic heterocycles. The molecule has 0 unspecified atom stereocenters. The zero-order chi connectivity index (χ0) is 12.8. The van der Waals surface area contributed by atoms with Crippen molar-refractivity contribution in [2.75, 3.05) is 32.0 Å². The highest BCUT2D eigenvalue weighted by Gasteiger charge is 2.26. The molecule has 0 radical (unpaired) electrons. The first-order valence-corrected chi connectivity index (χ1v) is 6.81. The second kappa shape index (κ2) is 6.21. The van der Waals surface area contributed by atoms with Crippen LogP contribution in [0.25, 0.3) is 0 Å². The number of benzene rings is 1. The van der Waals surface area contributed by atoms with Crippen LogP contribution >= 0.6 is 0 Å². The molecule has 1 heterocycles. The Morgan fingerprint density at radius 2 is 1.89 bits per heavy atom. The SMILES string of the molecule is CC1(CNCCc2ccc(N)cc2)CCOCC1. The van der Waals surface area contributed by atoms with Gasteiger partial charge in [0.1, 0.15) is 0 Å². The van der Waals surface area contributed by atoms with Gasteiger partial charge in [0.05, 0.1) is 0 Å². The van der Waals surface area contributed by atoms with Crippen LogP contribution in [0.4, 0.5) is 5.69 Å². The van der Waals surface area contributed by atoms with Crippen molar-refractivity contribution in [1.82, 2.24) is 5.32 Å². The van der Waals surface area contributed by atoms with Crippen molar-refractivity contribution in [2.24, 2.45) is 5.41 Å². The smallest absolute Gasteiger partial charge is 0.0471 e. The van der Waals surface area contributed by atoms with Gasteiger partial charge >= 0.3 is 0 Å². The Labute approximate surface area is 110 Å². The van der Waals surface area contributed by atoms with Crippen LogP contribution in [0.1, 0.15) is 25.3 Å². The molecular formula is C15H24N2O. The molecule has 0 saturated carbocycles.